The molecule has 2 aliphatic heterocycles. The smallest absolute Gasteiger partial charge is 0.261 e. The Morgan fingerprint density at radius 1 is 1.14 bits per heavy atom. The number of anilines is 1. The summed E-state index contributed by atoms with van der Waals surface area (Å²) in [7, 11) is 0. The number of aliphatic hydroxyl groups excluding tert-OH is 1. The number of thiophene rings is 1. The van der Waals surface area contributed by atoms with Crippen molar-refractivity contribution in [2.45, 2.75) is 25.9 Å². The number of rotatable bonds is 7. The van der Waals surface area contributed by atoms with Crippen LogP contribution in [0, 0.1) is 5.92 Å². The van der Waals surface area contributed by atoms with Crippen LogP contribution in [0.3, 0.4) is 0 Å². The molecule has 4 aromatic rings. The first kappa shape index (κ1) is 23.8. The molecule has 37 heavy (non-hydrogen) atoms. The highest BCUT2D eigenvalue weighted by molar-refractivity contribution is 7.17. The molecule has 0 spiro atoms. The van der Waals surface area contributed by atoms with E-state index in [2.05, 4.69) is 20.5 Å². The summed E-state index contributed by atoms with van der Waals surface area (Å²) < 4.78 is 0.933. The third kappa shape index (κ3) is 4.41. The molecule has 1 saturated heterocycles. The molecule has 3 aromatic heterocycles. The van der Waals surface area contributed by atoms with Crippen molar-refractivity contribution in [3.8, 4) is 0 Å². The quantitative estimate of drug-likeness (QED) is 0.279. The number of imide groups is 1. The number of hydrogen-bond donors (Lipinski definition) is 4. The van der Waals surface area contributed by atoms with Gasteiger partial charge in [0.05, 0.1) is 38.7 Å². The zero-order valence-electron chi connectivity index (χ0n) is 20.5. The Kier molecular flexibility index (Phi) is 6.23. The molecule has 0 bridgehead atoms. The first-order valence-electron chi connectivity index (χ1n) is 12.6. The molecule has 4 N–H and O–H groups in total. The van der Waals surface area contributed by atoms with Gasteiger partial charge >= 0.3 is 0 Å². The zero-order valence-corrected chi connectivity index (χ0v) is 21.3. The Labute approximate surface area is 217 Å². The maximum Gasteiger partial charge on any atom is 0.261 e. The fraction of sp³-hybridized carbons (Fsp3) is 0.333. The van der Waals surface area contributed by atoms with Crippen LogP contribution >= 0.6 is 11.3 Å². The van der Waals surface area contributed by atoms with E-state index >= 15 is 0 Å². The number of amides is 2. The van der Waals surface area contributed by atoms with Gasteiger partial charge < -0.3 is 20.3 Å². The number of nitrogens with zero attached hydrogens (tertiary/aromatic N) is 3. The van der Waals surface area contributed by atoms with Crippen LogP contribution < -0.4 is 15.5 Å². The number of hydrogen-bond acceptors (Lipinski definition) is 8. The molecule has 1 fully saturated rings. The minimum absolute atomic E-state index is 0.288. The van der Waals surface area contributed by atoms with E-state index in [-0.39, 0.29) is 11.7 Å². The van der Waals surface area contributed by atoms with Crippen LogP contribution in [0.25, 0.3) is 32.3 Å². The van der Waals surface area contributed by atoms with Crippen LogP contribution in [0.15, 0.2) is 41.9 Å². The van der Waals surface area contributed by atoms with Crippen LogP contribution in [0.2, 0.25) is 0 Å². The van der Waals surface area contributed by atoms with Gasteiger partial charge in [0.25, 0.3) is 11.8 Å². The van der Waals surface area contributed by atoms with Gasteiger partial charge in [0.1, 0.15) is 0 Å². The van der Waals surface area contributed by atoms with E-state index < -0.39 is 11.8 Å². The second-order valence-electron chi connectivity index (χ2n) is 9.73. The number of carbonyl (C=O) groups excluding carboxylic acids is 2. The van der Waals surface area contributed by atoms with E-state index in [1.165, 1.54) is 11.3 Å². The molecule has 9 nitrogen and oxygen atoms in total. The topological polar surface area (TPSA) is 123 Å². The lowest BCUT2D eigenvalue weighted by Crippen LogP contribution is -2.39. The van der Waals surface area contributed by atoms with Crippen molar-refractivity contribution in [3.05, 3.63) is 53.2 Å². The van der Waals surface area contributed by atoms with E-state index in [9.17, 15) is 14.7 Å². The van der Waals surface area contributed by atoms with Crippen molar-refractivity contribution in [1.29, 1.82) is 0 Å². The average Bonchev–Trinajstić information content (AvgIpc) is 3.58. The molecule has 0 aliphatic carbocycles. The molecule has 10 heteroatoms. The van der Waals surface area contributed by atoms with Gasteiger partial charge in [-0.25, -0.2) is 9.97 Å². The number of aliphatic hydroxyl groups is 1. The summed E-state index contributed by atoms with van der Waals surface area (Å²) in [6, 6.07) is 9.58. The zero-order chi connectivity index (χ0) is 25.5. The lowest BCUT2D eigenvalue weighted by Gasteiger charge is -2.32. The molecule has 1 atom stereocenters. The number of H-pyrrole nitrogens is 1. The fourth-order valence-electron chi connectivity index (χ4n) is 5.20. The van der Waals surface area contributed by atoms with Crippen molar-refractivity contribution in [2.75, 3.05) is 31.1 Å². The molecule has 2 amide bonds. The normalized spacial score (nSPS) is 17.8. The summed E-state index contributed by atoms with van der Waals surface area (Å²) in [6.07, 6.45) is 3.39. The largest absolute Gasteiger partial charge is 0.392 e. The second kappa shape index (κ2) is 9.70. The number of aromatic nitrogens is 3. The van der Waals surface area contributed by atoms with Crippen LogP contribution in [0.4, 0.5) is 5.95 Å². The Morgan fingerprint density at radius 2 is 1.92 bits per heavy atom. The summed E-state index contributed by atoms with van der Waals surface area (Å²) in [5.74, 6) is 0.232. The highest BCUT2D eigenvalue weighted by atomic mass is 32.1. The highest BCUT2D eigenvalue weighted by Gasteiger charge is 2.36. The van der Waals surface area contributed by atoms with E-state index in [0.29, 0.717) is 35.2 Å². The molecule has 190 valence electrons. The lowest BCUT2D eigenvalue weighted by atomic mass is 9.96. The maximum absolute atomic E-state index is 13.2. The number of benzene rings is 1. The Balaban J connectivity index is 1.39. The first-order valence-corrected chi connectivity index (χ1v) is 13.4. The molecule has 0 radical (unpaired) electrons. The lowest BCUT2D eigenvalue weighted by molar-refractivity contribution is -0.122. The number of piperidine rings is 1. The van der Waals surface area contributed by atoms with Gasteiger partial charge in [-0.15, -0.1) is 11.3 Å². The molecular weight excluding hydrogens is 488 g/mol. The molecule has 0 saturated carbocycles. The van der Waals surface area contributed by atoms with Crippen molar-refractivity contribution >= 4 is 61.4 Å². The maximum atomic E-state index is 13.2. The third-order valence-corrected chi connectivity index (χ3v) is 8.03. The number of fused-ring (bicyclic) bond motifs is 2. The van der Waals surface area contributed by atoms with Crippen LogP contribution in [-0.2, 0) is 9.59 Å². The highest BCUT2D eigenvalue weighted by Crippen LogP contribution is 2.38. The standard InChI is InChI=1S/C27H28N6O3S/c1-15(34)12-28-13-16-6-9-33(10-7-16)27-30-19-5-3-2-4-17(19)23(31-27)22-21(25(35)32-26(22)36)18-14-29-20-8-11-37-24(18)20/h2-5,8,11,14-16,28-29,34H,6-7,9-10,12-13H2,1H3,(H,32,35,36). The third-order valence-electron chi connectivity index (χ3n) is 7.08. The van der Waals surface area contributed by atoms with Gasteiger partial charge in [0, 0.05) is 36.8 Å². The van der Waals surface area contributed by atoms with E-state index in [1.54, 1.807) is 13.1 Å². The average molecular weight is 517 g/mol. The Bertz CT molecular complexity index is 1530. The number of aromatic amines is 1. The van der Waals surface area contributed by atoms with Crippen molar-refractivity contribution in [2.24, 2.45) is 5.92 Å². The van der Waals surface area contributed by atoms with E-state index in [1.807, 2.05) is 35.7 Å². The molecule has 5 heterocycles. The Morgan fingerprint density at radius 3 is 2.73 bits per heavy atom. The minimum Gasteiger partial charge on any atom is -0.392 e. The number of para-hydroxylation sites is 1. The van der Waals surface area contributed by atoms with Crippen LogP contribution in [0.5, 0.6) is 0 Å². The molecule has 6 rings (SSSR count). The van der Waals surface area contributed by atoms with Crippen molar-refractivity contribution < 1.29 is 14.7 Å². The van der Waals surface area contributed by atoms with Gasteiger partial charge in [-0.05, 0) is 49.7 Å². The molecular formula is C27H28N6O3S. The van der Waals surface area contributed by atoms with Gasteiger partial charge in [0.15, 0.2) is 0 Å². The summed E-state index contributed by atoms with van der Waals surface area (Å²) in [5, 5.41) is 18.0. The monoisotopic (exact) mass is 516 g/mol. The minimum atomic E-state index is -0.441. The molecule has 2 aliphatic rings. The van der Waals surface area contributed by atoms with Gasteiger partial charge in [-0.3, -0.25) is 14.9 Å². The molecule has 1 aromatic carbocycles. The first-order chi connectivity index (χ1) is 18.0. The van der Waals surface area contributed by atoms with Gasteiger partial charge in [0.2, 0.25) is 5.95 Å². The predicted molar refractivity (Wildman–Crippen MR) is 145 cm³/mol. The predicted octanol–water partition coefficient (Wildman–Crippen LogP) is 2.93. The van der Waals surface area contributed by atoms with Crippen LogP contribution in [0.1, 0.15) is 31.0 Å². The Hall–Kier alpha value is -3.60. The fourth-order valence-corrected chi connectivity index (χ4v) is 6.08. The van der Waals surface area contributed by atoms with Crippen LogP contribution in [-0.4, -0.2) is 64.2 Å². The summed E-state index contributed by atoms with van der Waals surface area (Å²) in [5.41, 5.74) is 3.48. The second-order valence-corrected chi connectivity index (χ2v) is 10.6. The summed E-state index contributed by atoms with van der Waals surface area (Å²) in [6.45, 7) is 4.83. The SMILES string of the molecule is CC(O)CNCC1CCN(c2nc(C3=C(c4c[nH]c5ccsc45)C(=O)NC3=O)c3ccccc3n2)CC1. The molecule has 1 unspecified atom stereocenters. The number of nitrogens with one attached hydrogen (secondary N) is 3. The number of carbonyl (C=O) groups is 2. The van der Waals surface area contributed by atoms with Gasteiger partial charge in [-0.2, -0.15) is 0 Å². The van der Waals surface area contributed by atoms with Crippen molar-refractivity contribution in [1.82, 2.24) is 25.6 Å². The van der Waals surface area contributed by atoms with Crippen molar-refractivity contribution in [3.63, 3.8) is 0 Å². The van der Waals surface area contributed by atoms with E-state index in [4.69, 9.17) is 9.97 Å². The van der Waals surface area contributed by atoms with E-state index in [0.717, 1.165) is 53.6 Å². The summed E-state index contributed by atoms with van der Waals surface area (Å²) in [4.78, 5) is 41.4. The summed E-state index contributed by atoms with van der Waals surface area (Å²) >= 11 is 1.53. The van der Waals surface area contributed by atoms with Gasteiger partial charge in [-0.1, -0.05) is 18.2 Å².